The highest BCUT2D eigenvalue weighted by atomic mass is 16.6. The van der Waals surface area contributed by atoms with E-state index in [1.165, 1.54) is 0 Å². The molecule has 5 heteroatoms. The van der Waals surface area contributed by atoms with Gasteiger partial charge in [-0.2, -0.15) is 0 Å². The lowest BCUT2D eigenvalue weighted by molar-refractivity contribution is 0.199. The van der Waals surface area contributed by atoms with Gasteiger partial charge in [0.25, 0.3) is 0 Å². The van der Waals surface area contributed by atoms with Crippen molar-refractivity contribution in [2.24, 2.45) is 0 Å². The summed E-state index contributed by atoms with van der Waals surface area (Å²) in [6.45, 7) is 3.19. The third-order valence-electron chi connectivity index (χ3n) is 13.7. The standard InChI is InChI=1S/C72H58O5/c1-52-68(73-47-53-27-37-63(38-28-53)58-17-7-2-8-18-58)70(75-49-55-31-41-65(42-32-55)60-21-11-4-12-22-60)72(77-51-57-35-45-67(46-36-57)62-25-15-6-16-26-62)71(76-50-56-33-43-66(44-34-56)61-23-13-5-14-24-61)69(52)74-48-54-29-39-64(40-30-54)59-19-9-3-10-20-59/h2-46H,47-51H2,1H3. The molecule has 0 spiro atoms. The third kappa shape index (κ3) is 12.3. The molecular weight excluding hydrogens is 945 g/mol. The van der Waals surface area contributed by atoms with Gasteiger partial charge in [-0.05, 0) is 90.4 Å². The number of ether oxygens (including phenoxy) is 5. The fourth-order valence-electron chi connectivity index (χ4n) is 9.39. The van der Waals surface area contributed by atoms with E-state index < -0.39 is 0 Å². The maximum Gasteiger partial charge on any atom is 0.211 e. The smallest absolute Gasteiger partial charge is 0.211 e. The first kappa shape index (κ1) is 49.6. The molecule has 376 valence electrons. The van der Waals surface area contributed by atoms with Crippen molar-refractivity contribution in [3.05, 3.63) is 306 Å². The summed E-state index contributed by atoms with van der Waals surface area (Å²) in [5.74, 6) is 2.23. The van der Waals surface area contributed by atoms with Crippen LogP contribution in [0.2, 0.25) is 0 Å². The van der Waals surface area contributed by atoms with E-state index in [1.54, 1.807) is 0 Å². The predicted octanol–water partition coefficient (Wildman–Crippen LogP) is 18.2. The Morgan fingerprint density at radius 1 is 0.182 bits per heavy atom. The summed E-state index contributed by atoms with van der Waals surface area (Å²) in [7, 11) is 0. The Kier molecular flexibility index (Phi) is 15.6. The summed E-state index contributed by atoms with van der Waals surface area (Å²) >= 11 is 0. The van der Waals surface area contributed by atoms with Crippen molar-refractivity contribution in [3.8, 4) is 84.4 Å². The molecular formula is C72H58O5. The SMILES string of the molecule is Cc1c(OCc2ccc(-c3ccccc3)cc2)c(OCc2ccc(-c3ccccc3)cc2)c(OCc2ccc(-c3ccccc3)cc2)c(OCc2ccc(-c3ccccc3)cc2)c1OCc1ccc(-c2ccccc2)cc1. The van der Waals surface area contributed by atoms with Crippen LogP contribution in [0.15, 0.2) is 273 Å². The molecule has 0 aromatic heterocycles. The van der Waals surface area contributed by atoms with E-state index in [9.17, 15) is 0 Å². The van der Waals surface area contributed by atoms with Crippen LogP contribution in [0.25, 0.3) is 55.6 Å². The maximum atomic E-state index is 7.09. The van der Waals surface area contributed by atoms with Gasteiger partial charge in [0.2, 0.25) is 17.2 Å². The summed E-state index contributed by atoms with van der Waals surface area (Å²) in [6, 6.07) is 94.3. The zero-order chi connectivity index (χ0) is 52.0. The first-order chi connectivity index (χ1) is 38.1. The van der Waals surface area contributed by atoms with E-state index in [4.69, 9.17) is 23.7 Å². The fourth-order valence-corrected chi connectivity index (χ4v) is 9.39. The van der Waals surface area contributed by atoms with Crippen molar-refractivity contribution in [2.45, 2.75) is 40.0 Å². The molecule has 0 N–H and O–H groups in total. The highest BCUT2D eigenvalue weighted by molar-refractivity contribution is 5.71. The lowest BCUT2D eigenvalue weighted by atomic mass is 10.0. The number of hydrogen-bond donors (Lipinski definition) is 0. The van der Waals surface area contributed by atoms with Crippen molar-refractivity contribution in [1.82, 2.24) is 0 Å². The zero-order valence-electron chi connectivity index (χ0n) is 43.1. The quantitative estimate of drug-likeness (QED) is 0.0761. The second-order valence-electron chi connectivity index (χ2n) is 19.0. The van der Waals surface area contributed by atoms with Crippen molar-refractivity contribution in [2.75, 3.05) is 0 Å². The van der Waals surface area contributed by atoms with Gasteiger partial charge in [-0.25, -0.2) is 0 Å². The minimum atomic E-state index is 0.211. The van der Waals surface area contributed by atoms with Gasteiger partial charge in [-0.15, -0.1) is 0 Å². The first-order valence-electron chi connectivity index (χ1n) is 26.1. The molecule has 0 atom stereocenters. The van der Waals surface area contributed by atoms with E-state index in [0.29, 0.717) is 28.7 Å². The van der Waals surface area contributed by atoms with Gasteiger partial charge in [0.15, 0.2) is 11.5 Å². The van der Waals surface area contributed by atoms with Crippen LogP contribution in [0.4, 0.5) is 0 Å². The predicted molar refractivity (Wildman–Crippen MR) is 312 cm³/mol. The van der Waals surface area contributed by atoms with Crippen LogP contribution in [-0.2, 0) is 33.0 Å². The van der Waals surface area contributed by atoms with Crippen molar-refractivity contribution in [1.29, 1.82) is 0 Å². The van der Waals surface area contributed by atoms with Crippen LogP contribution in [-0.4, -0.2) is 0 Å². The molecule has 0 radical (unpaired) electrons. The molecule has 0 bridgehead atoms. The Hall–Kier alpha value is -9.58. The molecule has 0 amide bonds. The fraction of sp³-hybridized carbons (Fsp3) is 0.0833. The lowest BCUT2D eigenvalue weighted by Gasteiger charge is -2.25. The molecule has 11 aromatic carbocycles. The molecule has 11 rings (SSSR count). The molecule has 5 nitrogen and oxygen atoms in total. The Labute approximate surface area is 452 Å². The molecule has 0 unspecified atom stereocenters. The highest BCUT2D eigenvalue weighted by Crippen LogP contribution is 2.55. The molecule has 11 aromatic rings. The van der Waals surface area contributed by atoms with Crippen LogP contribution in [0.3, 0.4) is 0 Å². The van der Waals surface area contributed by atoms with E-state index in [1.807, 2.05) is 37.3 Å². The average molecular weight is 1000 g/mol. The molecule has 0 aliphatic heterocycles. The topological polar surface area (TPSA) is 46.2 Å². The number of hydrogen-bond acceptors (Lipinski definition) is 5. The van der Waals surface area contributed by atoms with Crippen molar-refractivity contribution >= 4 is 0 Å². The summed E-state index contributed by atoms with van der Waals surface area (Å²) in [4.78, 5) is 0. The third-order valence-corrected chi connectivity index (χ3v) is 13.7. The summed E-state index contributed by atoms with van der Waals surface area (Å²) in [5, 5.41) is 0. The van der Waals surface area contributed by atoms with Gasteiger partial charge in [0.05, 0.1) is 0 Å². The Morgan fingerprint density at radius 2 is 0.338 bits per heavy atom. The van der Waals surface area contributed by atoms with Gasteiger partial charge in [-0.3, -0.25) is 0 Å². The summed E-state index contributed by atoms with van der Waals surface area (Å²) < 4.78 is 35.2. The van der Waals surface area contributed by atoms with Crippen LogP contribution in [0, 0.1) is 6.92 Å². The maximum absolute atomic E-state index is 7.09. The molecule has 0 aliphatic carbocycles. The Morgan fingerprint density at radius 3 is 0.532 bits per heavy atom. The monoisotopic (exact) mass is 1000 g/mol. The summed E-state index contributed by atoms with van der Waals surface area (Å²) in [6.07, 6.45) is 0. The van der Waals surface area contributed by atoms with Gasteiger partial charge >= 0.3 is 0 Å². The largest absolute Gasteiger partial charge is 0.484 e. The van der Waals surface area contributed by atoms with Gasteiger partial charge < -0.3 is 23.7 Å². The van der Waals surface area contributed by atoms with Crippen LogP contribution < -0.4 is 23.7 Å². The highest BCUT2D eigenvalue weighted by Gasteiger charge is 2.30. The van der Waals surface area contributed by atoms with Crippen LogP contribution >= 0.6 is 0 Å². The minimum absolute atomic E-state index is 0.211. The summed E-state index contributed by atoms with van der Waals surface area (Å²) in [5.41, 5.74) is 17.0. The molecule has 0 saturated carbocycles. The lowest BCUT2D eigenvalue weighted by Crippen LogP contribution is -2.10. The second kappa shape index (κ2) is 24.2. The van der Waals surface area contributed by atoms with Crippen LogP contribution in [0.5, 0.6) is 28.7 Å². The zero-order valence-corrected chi connectivity index (χ0v) is 43.1. The number of benzene rings is 11. The second-order valence-corrected chi connectivity index (χ2v) is 19.0. The van der Waals surface area contributed by atoms with Crippen LogP contribution in [0.1, 0.15) is 33.4 Å². The van der Waals surface area contributed by atoms with E-state index in [2.05, 4.69) is 243 Å². The van der Waals surface area contributed by atoms with Gasteiger partial charge in [-0.1, -0.05) is 273 Å². The Balaban J connectivity index is 0.998. The molecule has 77 heavy (non-hydrogen) atoms. The van der Waals surface area contributed by atoms with E-state index >= 15 is 0 Å². The minimum Gasteiger partial charge on any atom is -0.484 e. The molecule has 0 saturated heterocycles. The van der Waals surface area contributed by atoms with Gasteiger partial charge in [0.1, 0.15) is 33.0 Å². The normalized spacial score (nSPS) is 10.9. The molecule has 0 aliphatic rings. The molecule has 0 heterocycles. The van der Waals surface area contributed by atoms with E-state index in [0.717, 1.165) is 89.0 Å². The average Bonchev–Trinajstić information content (AvgIpc) is 3.51. The van der Waals surface area contributed by atoms with Gasteiger partial charge in [0, 0.05) is 5.56 Å². The van der Waals surface area contributed by atoms with E-state index in [-0.39, 0.29) is 33.0 Å². The van der Waals surface area contributed by atoms with Crippen molar-refractivity contribution < 1.29 is 23.7 Å². The molecule has 0 fully saturated rings. The Bertz CT molecular complexity index is 3410. The van der Waals surface area contributed by atoms with Crippen molar-refractivity contribution in [3.63, 3.8) is 0 Å². The first-order valence-corrected chi connectivity index (χ1v) is 26.1. The number of rotatable bonds is 20.